The van der Waals surface area contributed by atoms with E-state index in [2.05, 4.69) is 9.97 Å². The molecule has 10 nitrogen and oxygen atoms in total. The van der Waals surface area contributed by atoms with E-state index in [9.17, 15) is 14.3 Å². The molecule has 2 aromatic heterocycles. The molecule has 1 fully saturated rings. The number of halogens is 3. The highest BCUT2D eigenvalue weighted by atomic mass is 35.5. The van der Waals surface area contributed by atoms with Crippen LogP contribution in [0.3, 0.4) is 0 Å². The minimum Gasteiger partial charge on any atom is -0.494 e. The van der Waals surface area contributed by atoms with E-state index in [4.69, 9.17) is 35.5 Å². The van der Waals surface area contributed by atoms with Gasteiger partial charge in [-0.3, -0.25) is 0 Å². The number of carboxylic acids is 1. The summed E-state index contributed by atoms with van der Waals surface area (Å²) in [6.07, 6.45) is 2.83. The molecule has 2 aliphatic rings. The van der Waals surface area contributed by atoms with E-state index in [1.807, 2.05) is 4.57 Å². The van der Waals surface area contributed by atoms with Crippen molar-refractivity contribution in [2.24, 2.45) is 0 Å². The monoisotopic (exact) mass is 648 g/mol. The molecule has 13 heteroatoms. The number of imidazole rings is 1. The fraction of sp³-hybridized carbons (Fsp3) is 0.273. The van der Waals surface area contributed by atoms with E-state index in [-0.39, 0.29) is 41.4 Å². The van der Waals surface area contributed by atoms with Crippen LogP contribution in [0.5, 0.6) is 17.4 Å². The second-order valence-electron chi connectivity index (χ2n) is 11.0. The molecule has 0 saturated carbocycles. The molecule has 1 saturated heterocycles. The minimum atomic E-state index is -1.10. The van der Waals surface area contributed by atoms with Crippen LogP contribution in [-0.4, -0.2) is 57.0 Å². The van der Waals surface area contributed by atoms with E-state index in [1.165, 1.54) is 43.6 Å². The number of hydrogen-bond acceptors (Lipinski definition) is 8. The van der Waals surface area contributed by atoms with Crippen LogP contribution in [0.1, 0.15) is 39.3 Å². The number of rotatable bonds is 10. The molecule has 236 valence electrons. The number of ether oxygens (including phenoxy) is 4. The number of fused-ring (bicyclic) bond motifs is 2. The Morgan fingerprint density at radius 2 is 1.98 bits per heavy atom. The van der Waals surface area contributed by atoms with Crippen LogP contribution in [0.15, 0.2) is 48.7 Å². The zero-order valence-corrected chi connectivity index (χ0v) is 25.3. The molecule has 0 radical (unpaired) electrons. The van der Waals surface area contributed by atoms with Gasteiger partial charge >= 0.3 is 5.97 Å². The predicted octanol–water partition coefficient (Wildman–Crippen LogP) is 6.03. The number of benzene rings is 3. The lowest BCUT2D eigenvalue weighted by Crippen LogP contribution is -2.31. The van der Waals surface area contributed by atoms with Gasteiger partial charge in [0.05, 0.1) is 43.0 Å². The van der Waals surface area contributed by atoms with Crippen LogP contribution < -0.4 is 14.2 Å². The Labute approximate surface area is 266 Å². The third kappa shape index (κ3) is 5.58. The quantitative estimate of drug-likeness (QED) is 0.194. The summed E-state index contributed by atoms with van der Waals surface area (Å²) in [6, 6.07) is 10.2. The van der Waals surface area contributed by atoms with Crippen molar-refractivity contribution >= 4 is 28.6 Å². The summed E-state index contributed by atoms with van der Waals surface area (Å²) in [4.78, 5) is 25.5. The van der Waals surface area contributed by atoms with Crippen LogP contribution in [0.2, 0.25) is 5.02 Å². The average molecular weight is 649 g/mol. The standard InChI is InChI=1S/C33H27ClF2N4O6/c1-43-27-11-18(33(41)42)10-26-30(27)38-28(40(26)15-20-5-8-44-20)14-22-21-6-9-45-31(21)23(13-25(22)36)32-37-7-4-29(39-32)46-16-17-2-3-19(34)12-24(17)35/h2-4,7,10-13,20H,5-6,8-9,14-16H2,1H3,(H,41,42)/t20-/m0/s1. The Hall–Kier alpha value is -4.81. The Balaban J connectivity index is 1.24. The number of aromatic nitrogens is 4. The van der Waals surface area contributed by atoms with E-state index in [1.54, 1.807) is 12.1 Å². The Bertz CT molecular complexity index is 2000. The van der Waals surface area contributed by atoms with Gasteiger partial charge in [-0.05, 0) is 36.8 Å². The summed E-state index contributed by atoms with van der Waals surface area (Å²) in [7, 11) is 1.45. The second-order valence-corrected chi connectivity index (χ2v) is 11.4. The van der Waals surface area contributed by atoms with Crippen molar-refractivity contribution < 1.29 is 37.6 Å². The molecule has 0 aliphatic carbocycles. The first-order valence-electron chi connectivity index (χ1n) is 14.6. The van der Waals surface area contributed by atoms with Crippen molar-refractivity contribution in [1.82, 2.24) is 19.5 Å². The maximum Gasteiger partial charge on any atom is 0.335 e. The molecule has 1 N–H and O–H groups in total. The van der Waals surface area contributed by atoms with Gasteiger partial charge in [0.2, 0.25) is 5.88 Å². The highest BCUT2D eigenvalue weighted by molar-refractivity contribution is 6.30. The first-order valence-corrected chi connectivity index (χ1v) is 15.0. The molecule has 1 atom stereocenters. The van der Waals surface area contributed by atoms with E-state index in [0.29, 0.717) is 76.8 Å². The summed E-state index contributed by atoms with van der Waals surface area (Å²) < 4.78 is 55.1. The van der Waals surface area contributed by atoms with Crippen molar-refractivity contribution in [3.8, 4) is 28.8 Å². The number of methoxy groups -OCH3 is 1. The molecule has 46 heavy (non-hydrogen) atoms. The lowest BCUT2D eigenvalue weighted by atomic mass is 9.97. The largest absolute Gasteiger partial charge is 0.494 e. The van der Waals surface area contributed by atoms with Crippen molar-refractivity contribution in [2.45, 2.75) is 38.5 Å². The normalized spacial score (nSPS) is 15.3. The maximum absolute atomic E-state index is 16.1. The van der Waals surface area contributed by atoms with Gasteiger partial charge < -0.3 is 28.6 Å². The first-order chi connectivity index (χ1) is 22.3. The molecule has 5 aromatic rings. The fourth-order valence-electron chi connectivity index (χ4n) is 5.76. The maximum atomic E-state index is 16.1. The van der Waals surface area contributed by atoms with Crippen LogP contribution in [0, 0.1) is 11.6 Å². The second kappa shape index (κ2) is 12.2. The number of carboxylic acid groups (broad SMARTS) is 1. The molecular formula is C33H27ClF2N4O6. The van der Waals surface area contributed by atoms with Crippen LogP contribution in [0.4, 0.5) is 8.78 Å². The van der Waals surface area contributed by atoms with Crippen LogP contribution >= 0.6 is 11.6 Å². The van der Waals surface area contributed by atoms with Crippen molar-refractivity contribution in [1.29, 1.82) is 0 Å². The minimum absolute atomic E-state index is 0.0564. The zero-order chi connectivity index (χ0) is 31.9. The summed E-state index contributed by atoms with van der Waals surface area (Å²) in [6.45, 7) is 1.32. The SMILES string of the molecule is COc1cc(C(=O)O)cc2c1nc(Cc1c(F)cc(-c3nccc(OCc4ccc(Cl)cc4F)n3)c3c1CCO3)n2C[C@@H]1CCO1. The molecule has 0 bridgehead atoms. The first kappa shape index (κ1) is 29.9. The van der Waals surface area contributed by atoms with Crippen molar-refractivity contribution in [3.63, 3.8) is 0 Å². The van der Waals surface area contributed by atoms with Gasteiger partial charge in [-0.1, -0.05) is 17.7 Å². The summed E-state index contributed by atoms with van der Waals surface area (Å²) in [5.41, 5.74) is 2.85. The third-order valence-electron chi connectivity index (χ3n) is 8.18. The van der Waals surface area contributed by atoms with Gasteiger partial charge in [0, 0.05) is 53.4 Å². The topological polar surface area (TPSA) is 118 Å². The van der Waals surface area contributed by atoms with Gasteiger partial charge in [0.1, 0.15) is 41.1 Å². The van der Waals surface area contributed by atoms with Gasteiger partial charge in [-0.2, -0.15) is 4.98 Å². The molecular weight excluding hydrogens is 622 g/mol. The van der Waals surface area contributed by atoms with Crippen molar-refractivity contribution in [3.05, 3.63) is 93.4 Å². The number of nitrogens with zero attached hydrogens (tertiary/aromatic N) is 4. The molecule has 2 aliphatic heterocycles. The van der Waals surface area contributed by atoms with Gasteiger partial charge in [0.15, 0.2) is 5.82 Å². The Kier molecular flexibility index (Phi) is 7.91. The molecule has 0 unspecified atom stereocenters. The molecule has 0 spiro atoms. The van der Waals surface area contributed by atoms with E-state index < -0.39 is 17.6 Å². The fourth-order valence-corrected chi connectivity index (χ4v) is 5.91. The third-order valence-corrected chi connectivity index (χ3v) is 8.42. The summed E-state index contributed by atoms with van der Waals surface area (Å²) in [5.74, 6) is -0.405. The molecule has 3 aromatic carbocycles. The molecule has 4 heterocycles. The van der Waals surface area contributed by atoms with Gasteiger partial charge in [-0.25, -0.2) is 23.5 Å². The Morgan fingerprint density at radius 1 is 1.13 bits per heavy atom. The number of aromatic carboxylic acids is 1. The van der Waals surface area contributed by atoms with E-state index in [0.717, 1.165) is 6.42 Å². The highest BCUT2D eigenvalue weighted by Crippen LogP contribution is 2.41. The number of carbonyl (C=O) groups is 1. The van der Waals surface area contributed by atoms with Crippen LogP contribution in [0.25, 0.3) is 22.4 Å². The van der Waals surface area contributed by atoms with E-state index >= 15 is 4.39 Å². The summed E-state index contributed by atoms with van der Waals surface area (Å²) in [5, 5.41) is 9.99. The molecule has 0 amide bonds. The number of hydrogen-bond donors (Lipinski definition) is 1. The predicted molar refractivity (Wildman–Crippen MR) is 163 cm³/mol. The average Bonchev–Trinajstić information content (AvgIpc) is 3.64. The Morgan fingerprint density at radius 3 is 2.72 bits per heavy atom. The lowest BCUT2D eigenvalue weighted by molar-refractivity contribution is -0.0589. The smallest absolute Gasteiger partial charge is 0.335 e. The lowest BCUT2D eigenvalue weighted by Gasteiger charge is -2.27. The van der Waals surface area contributed by atoms with Crippen molar-refractivity contribution in [2.75, 3.05) is 20.3 Å². The van der Waals surface area contributed by atoms with Crippen LogP contribution in [-0.2, 0) is 30.7 Å². The van der Waals surface area contributed by atoms with Gasteiger partial charge in [0.25, 0.3) is 0 Å². The molecule has 7 rings (SSSR count). The highest BCUT2D eigenvalue weighted by Gasteiger charge is 2.29. The zero-order valence-electron chi connectivity index (χ0n) is 24.6. The van der Waals surface area contributed by atoms with Gasteiger partial charge in [-0.15, -0.1) is 0 Å². The summed E-state index contributed by atoms with van der Waals surface area (Å²) >= 11 is 5.84.